The van der Waals surface area contributed by atoms with Crippen LogP contribution in [0.5, 0.6) is 0 Å². The SMILES string of the molecule is Cc1cc(C(=O)NCC(C)(C)c2coc(-c3ccccc3)n2)cnc1F. The van der Waals surface area contributed by atoms with Crippen LogP contribution in [-0.4, -0.2) is 22.4 Å². The maximum absolute atomic E-state index is 13.2. The second-order valence-electron chi connectivity index (χ2n) is 6.80. The summed E-state index contributed by atoms with van der Waals surface area (Å²) in [5, 5.41) is 2.85. The molecule has 0 atom stereocenters. The van der Waals surface area contributed by atoms with E-state index >= 15 is 0 Å². The van der Waals surface area contributed by atoms with Gasteiger partial charge in [-0.1, -0.05) is 32.0 Å². The predicted molar refractivity (Wildman–Crippen MR) is 96.2 cm³/mol. The van der Waals surface area contributed by atoms with Crippen molar-refractivity contribution in [2.24, 2.45) is 0 Å². The van der Waals surface area contributed by atoms with E-state index in [9.17, 15) is 9.18 Å². The Morgan fingerprint density at radius 2 is 2.00 bits per heavy atom. The van der Waals surface area contributed by atoms with Gasteiger partial charge in [0.1, 0.15) is 6.26 Å². The molecule has 3 aromatic rings. The van der Waals surface area contributed by atoms with Crippen LogP contribution in [0.4, 0.5) is 4.39 Å². The van der Waals surface area contributed by atoms with Gasteiger partial charge in [0.2, 0.25) is 11.8 Å². The Labute approximate surface area is 151 Å². The van der Waals surface area contributed by atoms with Crippen LogP contribution in [0.15, 0.2) is 53.3 Å². The highest BCUT2D eigenvalue weighted by Crippen LogP contribution is 2.26. The van der Waals surface area contributed by atoms with Crippen LogP contribution in [-0.2, 0) is 5.41 Å². The molecule has 0 bridgehead atoms. The van der Waals surface area contributed by atoms with E-state index in [1.165, 1.54) is 12.3 Å². The van der Waals surface area contributed by atoms with Gasteiger partial charge in [-0.3, -0.25) is 4.79 Å². The molecule has 0 aliphatic rings. The lowest BCUT2D eigenvalue weighted by atomic mass is 9.90. The van der Waals surface area contributed by atoms with Crippen molar-refractivity contribution >= 4 is 5.91 Å². The minimum absolute atomic E-state index is 0.305. The molecule has 1 N–H and O–H groups in total. The quantitative estimate of drug-likeness (QED) is 0.707. The number of carbonyl (C=O) groups is 1. The largest absolute Gasteiger partial charge is 0.444 e. The van der Waals surface area contributed by atoms with E-state index in [1.807, 2.05) is 44.2 Å². The van der Waals surface area contributed by atoms with Crippen LogP contribution in [0.25, 0.3) is 11.5 Å². The number of oxazole rings is 1. The highest BCUT2D eigenvalue weighted by molar-refractivity contribution is 5.94. The monoisotopic (exact) mass is 353 g/mol. The lowest BCUT2D eigenvalue weighted by molar-refractivity contribution is 0.0944. The Hall–Kier alpha value is -3.02. The summed E-state index contributed by atoms with van der Waals surface area (Å²) >= 11 is 0. The minimum atomic E-state index is -0.571. The highest BCUT2D eigenvalue weighted by Gasteiger charge is 2.26. The van der Waals surface area contributed by atoms with Crippen LogP contribution < -0.4 is 5.32 Å². The predicted octanol–water partition coefficient (Wildman–Crippen LogP) is 3.89. The molecule has 0 saturated carbocycles. The first-order valence-electron chi connectivity index (χ1n) is 8.28. The van der Waals surface area contributed by atoms with Gasteiger partial charge in [-0.05, 0) is 25.1 Å². The summed E-state index contributed by atoms with van der Waals surface area (Å²) in [5.41, 5.74) is 1.86. The summed E-state index contributed by atoms with van der Waals surface area (Å²) in [4.78, 5) is 20.4. The number of pyridine rings is 1. The third-order valence-electron chi connectivity index (χ3n) is 4.19. The van der Waals surface area contributed by atoms with Crippen LogP contribution in [0.2, 0.25) is 0 Å². The van der Waals surface area contributed by atoms with Gasteiger partial charge in [-0.15, -0.1) is 0 Å². The number of halogens is 1. The van der Waals surface area contributed by atoms with Crippen LogP contribution in [0.1, 0.15) is 35.5 Å². The summed E-state index contributed by atoms with van der Waals surface area (Å²) in [6.45, 7) is 5.86. The fourth-order valence-corrected chi connectivity index (χ4v) is 2.47. The van der Waals surface area contributed by atoms with Crippen molar-refractivity contribution in [3.05, 3.63) is 71.6 Å². The van der Waals surface area contributed by atoms with Gasteiger partial charge in [0, 0.05) is 29.3 Å². The van der Waals surface area contributed by atoms with Crippen LogP contribution in [0, 0.1) is 12.9 Å². The highest BCUT2D eigenvalue weighted by atomic mass is 19.1. The number of hydrogen-bond acceptors (Lipinski definition) is 4. The standard InChI is InChI=1S/C20H20FN3O2/c1-13-9-15(10-22-17(13)21)18(25)23-12-20(2,3)16-11-26-19(24-16)14-7-5-4-6-8-14/h4-11H,12H2,1-3H3,(H,23,25). The van der Waals surface area contributed by atoms with Gasteiger partial charge in [-0.2, -0.15) is 4.39 Å². The van der Waals surface area contributed by atoms with Crippen molar-refractivity contribution in [2.45, 2.75) is 26.2 Å². The number of nitrogens with one attached hydrogen (secondary N) is 1. The molecular formula is C20H20FN3O2. The van der Waals surface area contributed by atoms with Crippen LogP contribution in [0.3, 0.4) is 0 Å². The summed E-state index contributed by atoms with van der Waals surface area (Å²) in [7, 11) is 0. The van der Waals surface area contributed by atoms with E-state index in [0.29, 0.717) is 23.6 Å². The number of benzene rings is 1. The van der Waals surface area contributed by atoms with Crippen molar-refractivity contribution in [3.8, 4) is 11.5 Å². The number of rotatable bonds is 5. The summed E-state index contributed by atoms with van der Waals surface area (Å²) in [6.07, 6.45) is 2.84. The molecule has 5 nitrogen and oxygen atoms in total. The maximum Gasteiger partial charge on any atom is 0.252 e. The molecule has 26 heavy (non-hydrogen) atoms. The molecule has 134 valence electrons. The number of hydrogen-bond donors (Lipinski definition) is 1. The Morgan fingerprint density at radius 1 is 1.27 bits per heavy atom. The molecule has 0 saturated heterocycles. The molecule has 0 radical (unpaired) electrons. The molecule has 1 aromatic carbocycles. The van der Waals surface area contributed by atoms with Gasteiger partial charge in [-0.25, -0.2) is 9.97 Å². The Balaban J connectivity index is 1.70. The molecule has 6 heteroatoms. The molecule has 0 unspecified atom stereocenters. The average molecular weight is 353 g/mol. The normalized spacial score (nSPS) is 11.4. The zero-order chi connectivity index (χ0) is 18.7. The van der Waals surface area contributed by atoms with E-state index in [-0.39, 0.29) is 5.91 Å². The number of carbonyl (C=O) groups excluding carboxylic acids is 1. The molecule has 2 heterocycles. The van der Waals surface area contributed by atoms with E-state index in [4.69, 9.17) is 4.42 Å². The zero-order valence-corrected chi connectivity index (χ0v) is 14.9. The molecule has 0 aliphatic heterocycles. The molecule has 2 aromatic heterocycles. The summed E-state index contributed by atoms with van der Waals surface area (Å²) < 4.78 is 18.8. The molecule has 1 amide bonds. The van der Waals surface area contributed by atoms with Gasteiger partial charge in [0.05, 0.1) is 11.3 Å². The third-order valence-corrected chi connectivity index (χ3v) is 4.19. The van der Waals surface area contributed by atoms with Gasteiger partial charge in [0.25, 0.3) is 5.91 Å². The fraction of sp³-hybridized carbons (Fsp3) is 0.250. The van der Waals surface area contributed by atoms with Crippen molar-refractivity contribution in [3.63, 3.8) is 0 Å². The second-order valence-corrected chi connectivity index (χ2v) is 6.80. The second kappa shape index (κ2) is 7.07. The Morgan fingerprint density at radius 3 is 2.69 bits per heavy atom. The first-order valence-corrected chi connectivity index (χ1v) is 8.28. The van der Waals surface area contributed by atoms with Crippen molar-refractivity contribution < 1.29 is 13.6 Å². The number of aromatic nitrogens is 2. The first kappa shape index (κ1) is 17.8. The third kappa shape index (κ3) is 3.79. The van der Waals surface area contributed by atoms with Crippen molar-refractivity contribution in [1.82, 2.24) is 15.3 Å². The molecule has 0 aliphatic carbocycles. The van der Waals surface area contributed by atoms with Gasteiger partial charge < -0.3 is 9.73 Å². The lowest BCUT2D eigenvalue weighted by Crippen LogP contribution is -2.37. The van der Waals surface area contributed by atoms with Crippen molar-refractivity contribution in [2.75, 3.05) is 6.54 Å². The first-order chi connectivity index (χ1) is 12.4. The van der Waals surface area contributed by atoms with Crippen molar-refractivity contribution in [1.29, 1.82) is 0 Å². The molecule has 0 fully saturated rings. The maximum atomic E-state index is 13.2. The Kier molecular flexibility index (Phi) is 4.84. The molecule has 3 rings (SSSR count). The molecule has 0 spiro atoms. The van der Waals surface area contributed by atoms with Gasteiger partial charge in [0.15, 0.2) is 0 Å². The lowest BCUT2D eigenvalue weighted by Gasteiger charge is -2.22. The summed E-state index contributed by atoms with van der Waals surface area (Å²) in [6, 6.07) is 11.1. The zero-order valence-electron chi connectivity index (χ0n) is 14.9. The minimum Gasteiger partial charge on any atom is -0.444 e. The summed E-state index contributed by atoms with van der Waals surface area (Å²) in [5.74, 6) is -0.336. The topological polar surface area (TPSA) is 68.0 Å². The number of aryl methyl sites for hydroxylation is 1. The van der Waals surface area contributed by atoms with E-state index < -0.39 is 11.4 Å². The van der Waals surface area contributed by atoms with Gasteiger partial charge >= 0.3 is 0 Å². The Bertz CT molecular complexity index is 920. The smallest absolute Gasteiger partial charge is 0.252 e. The number of nitrogens with zero attached hydrogens (tertiary/aromatic N) is 2. The molecular weight excluding hydrogens is 333 g/mol. The van der Waals surface area contributed by atoms with E-state index in [1.54, 1.807) is 13.2 Å². The van der Waals surface area contributed by atoms with Crippen LogP contribution >= 0.6 is 0 Å². The fourth-order valence-electron chi connectivity index (χ4n) is 2.47. The number of amides is 1. The average Bonchev–Trinajstić information content (AvgIpc) is 3.14. The van der Waals surface area contributed by atoms with E-state index in [0.717, 1.165) is 11.3 Å². The van der Waals surface area contributed by atoms with E-state index in [2.05, 4.69) is 15.3 Å².